The molecule has 0 aromatic heterocycles. The molecule has 1 saturated carbocycles. The molecule has 8 heteroatoms. The van der Waals surface area contributed by atoms with Crippen LogP contribution in [-0.4, -0.2) is 57.7 Å². The lowest BCUT2D eigenvalue weighted by Crippen LogP contribution is -2.48. The molecule has 1 aliphatic carbocycles. The molecule has 2 saturated heterocycles. The van der Waals surface area contributed by atoms with Crippen LogP contribution in [-0.2, 0) is 14.6 Å². The maximum Gasteiger partial charge on any atom is 0.191 e. The number of hydrogen-bond acceptors (Lipinski definition) is 4. The average Bonchev–Trinajstić information content (AvgIpc) is 3.11. The van der Waals surface area contributed by atoms with Gasteiger partial charge in [-0.1, -0.05) is 6.92 Å². The van der Waals surface area contributed by atoms with E-state index in [0.717, 1.165) is 44.4 Å². The topological polar surface area (TPSA) is 79.8 Å². The van der Waals surface area contributed by atoms with Crippen molar-refractivity contribution in [3.63, 3.8) is 0 Å². The highest BCUT2D eigenvalue weighted by Crippen LogP contribution is 2.24. The van der Waals surface area contributed by atoms with Gasteiger partial charge in [0.2, 0.25) is 0 Å². The second kappa shape index (κ2) is 9.73. The van der Waals surface area contributed by atoms with Crippen LogP contribution < -0.4 is 10.6 Å². The van der Waals surface area contributed by atoms with Crippen LogP contribution in [0.2, 0.25) is 0 Å². The Bertz CT molecular complexity index is 541. The van der Waals surface area contributed by atoms with Crippen LogP contribution in [0.5, 0.6) is 0 Å². The van der Waals surface area contributed by atoms with Gasteiger partial charge in [0, 0.05) is 31.8 Å². The summed E-state index contributed by atoms with van der Waals surface area (Å²) in [6, 6.07) is 0.884. The molecule has 3 unspecified atom stereocenters. The van der Waals surface area contributed by atoms with Crippen molar-refractivity contribution in [2.45, 2.75) is 57.5 Å². The van der Waals surface area contributed by atoms with Crippen LogP contribution in [0.15, 0.2) is 4.99 Å². The zero-order chi connectivity index (χ0) is 17.0. The lowest BCUT2D eigenvalue weighted by Gasteiger charge is -2.27. The summed E-state index contributed by atoms with van der Waals surface area (Å²) in [5.41, 5.74) is 0. The van der Waals surface area contributed by atoms with E-state index in [1.165, 1.54) is 19.3 Å². The number of rotatable bonds is 4. The molecule has 0 amide bonds. The molecule has 0 radical (unpaired) electrons. The van der Waals surface area contributed by atoms with Crippen molar-refractivity contribution in [1.29, 1.82) is 0 Å². The molecule has 3 rings (SSSR count). The number of hydrogen-bond donors (Lipinski definition) is 2. The van der Waals surface area contributed by atoms with Gasteiger partial charge < -0.3 is 15.4 Å². The molecular formula is C17H32IN3O3S. The highest BCUT2D eigenvalue weighted by Gasteiger charge is 2.28. The molecule has 0 bridgehead atoms. The van der Waals surface area contributed by atoms with Gasteiger partial charge in [-0.3, -0.25) is 4.99 Å². The van der Waals surface area contributed by atoms with Gasteiger partial charge in [0.1, 0.15) is 0 Å². The van der Waals surface area contributed by atoms with Crippen molar-refractivity contribution in [2.24, 2.45) is 16.8 Å². The van der Waals surface area contributed by atoms with Crippen molar-refractivity contribution < 1.29 is 13.2 Å². The first-order valence-electron chi connectivity index (χ1n) is 9.36. The van der Waals surface area contributed by atoms with Crippen LogP contribution in [0.1, 0.15) is 45.4 Å². The maximum atomic E-state index is 11.6. The second-order valence-electron chi connectivity index (χ2n) is 7.75. The van der Waals surface area contributed by atoms with E-state index in [1.54, 1.807) is 0 Å². The number of nitrogens with zero attached hydrogens (tertiary/aromatic N) is 1. The average molecular weight is 485 g/mol. The summed E-state index contributed by atoms with van der Waals surface area (Å²) in [5, 5.41) is 7.14. The Kier molecular flexibility index (Phi) is 8.26. The Hall–Kier alpha value is -0.0900. The molecule has 2 heterocycles. The van der Waals surface area contributed by atoms with Gasteiger partial charge in [-0.2, -0.15) is 0 Å². The van der Waals surface area contributed by atoms with Crippen molar-refractivity contribution in [1.82, 2.24) is 10.6 Å². The Morgan fingerprint density at radius 1 is 1.08 bits per heavy atom. The first-order chi connectivity index (χ1) is 11.5. The Morgan fingerprint density at radius 3 is 2.40 bits per heavy atom. The van der Waals surface area contributed by atoms with Crippen LogP contribution in [0.25, 0.3) is 0 Å². The Morgan fingerprint density at radius 2 is 1.80 bits per heavy atom. The molecule has 2 aliphatic heterocycles. The minimum Gasteiger partial charge on any atom is -0.381 e. The highest BCUT2D eigenvalue weighted by atomic mass is 127. The van der Waals surface area contributed by atoms with E-state index in [-0.39, 0.29) is 29.9 Å². The van der Waals surface area contributed by atoms with Gasteiger partial charge in [-0.25, -0.2) is 8.42 Å². The van der Waals surface area contributed by atoms with Gasteiger partial charge >= 0.3 is 0 Å². The fraction of sp³-hybridized carbons (Fsp3) is 0.941. The van der Waals surface area contributed by atoms with Crippen molar-refractivity contribution in [3.8, 4) is 0 Å². The van der Waals surface area contributed by atoms with Gasteiger partial charge in [-0.05, 0) is 50.4 Å². The molecule has 0 spiro atoms. The SMILES string of the molecule is CC1CCC(NC(=NCC2CCS(=O)(=O)C2)NC2CCOCC2)C1.I. The van der Waals surface area contributed by atoms with Crippen LogP contribution in [0.3, 0.4) is 0 Å². The highest BCUT2D eigenvalue weighted by molar-refractivity contribution is 14.0. The fourth-order valence-corrected chi connectivity index (χ4v) is 5.79. The number of guanidine groups is 1. The van der Waals surface area contributed by atoms with Gasteiger partial charge in [-0.15, -0.1) is 24.0 Å². The fourth-order valence-electron chi connectivity index (χ4n) is 3.94. The zero-order valence-corrected chi connectivity index (χ0v) is 18.2. The quantitative estimate of drug-likeness (QED) is 0.362. The van der Waals surface area contributed by atoms with E-state index in [4.69, 9.17) is 9.73 Å². The summed E-state index contributed by atoms with van der Waals surface area (Å²) in [5.74, 6) is 2.42. The standard InChI is InChI=1S/C17H31N3O3S.HI/c1-13-2-3-16(10-13)20-17(19-15-4-7-23-8-5-15)18-11-14-6-9-24(21,22)12-14;/h13-16H,2-12H2,1H3,(H2,18,19,20);1H. The first kappa shape index (κ1) is 21.2. The summed E-state index contributed by atoms with van der Waals surface area (Å²) in [6.07, 6.45) is 6.39. The number of sulfone groups is 1. The van der Waals surface area contributed by atoms with E-state index in [2.05, 4.69) is 17.6 Å². The lowest BCUT2D eigenvalue weighted by molar-refractivity contribution is 0.0821. The summed E-state index contributed by atoms with van der Waals surface area (Å²) in [4.78, 5) is 4.74. The lowest BCUT2D eigenvalue weighted by atomic mass is 10.1. The Labute approximate surface area is 168 Å². The third-order valence-corrected chi connectivity index (χ3v) is 7.27. The van der Waals surface area contributed by atoms with Gasteiger partial charge in [0.05, 0.1) is 11.5 Å². The smallest absolute Gasteiger partial charge is 0.191 e. The molecule has 2 N–H and O–H groups in total. The van der Waals surface area contributed by atoms with E-state index in [9.17, 15) is 8.42 Å². The zero-order valence-electron chi connectivity index (χ0n) is 15.1. The van der Waals surface area contributed by atoms with Gasteiger partial charge in [0.15, 0.2) is 15.8 Å². The Balaban J connectivity index is 0.00000225. The second-order valence-corrected chi connectivity index (χ2v) is 9.98. The minimum atomic E-state index is -2.83. The number of ether oxygens (including phenoxy) is 1. The first-order valence-corrected chi connectivity index (χ1v) is 11.2. The van der Waals surface area contributed by atoms with Crippen molar-refractivity contribution in [2.75, 3.05) is 31.3 Å². The van der Waals surface area contributed by atoms with E-state index in [1.807, 2.05) is 0 Å². The van der Waals surface area contributed by atoms with Crippen LogP contribution in [0.4, 0.5) is 0 Å². The number of aliphatic imine (C=N–C) groups is 1. The number of halogens is 1. The minimum absolute atomic E-state index is 0. The summed E-state index contributed by atoms with van der Waals surface area (Å²) < 4.78 is 28.7. The molecule has 146 valence electrons. The molecule has 0 aromatic carbocycles. The molecule has 3 atom stereocenters. The third-order valence-electron chi connectivity index (χ3n) is 5.43. The van der Waals surface area contributed by atoms with Crippen LogP contribution >= 0.6 is 24.0 Å². The van der Waals surface area contributed by atoms with Crippen LogP contribution in [0, 0.1) is 11.8 Å². The van der Waals surface area contributed by atoms with Crippen molar-refractivity contribution in [3.05, 3.63) is 0 Å². The summed E-state index contributed by atoms with van der Waals surface area (Å²) >= 11 is 0. The van der Waals surface area contributed by atoms with E-state index < -0.39 is 9.84 Å². The number of nitrogens with one attached hydrogen (secondary N) is 2. The van der Waals surface area contributed by atoms with E-state index >= 15 is 0 Å². The monoisotopic (exact) mass is 485 g/mol. The predicted molar refractivity (Wildman–Crippen MR) is 111 cm³/mol. The molecule has 3 aliphatic rings. The normalized spacial score (nSPS) is 33.0. The largest absolute Gasteiger partial charge is 0.381 e. The van der Waals surface area contributed by atoms with Gasteiger partial charge in [0.25, 0.3) is 0 Å². The third kappa shape index (κ3) is 6.86. The molecule has 0 aromatic rings. The van der Waals surface area contributed by atoms with E-state index in [0.29, 0.717) is 30.1 Å². The summed E-state index contributed by atoms with van der Waals surface area (Å²) in [7, 11) is -2.83. The predicted octanol–water partition coefficient (Wildman–Crippen LogP) is 1.94. The molecule has 3 fully saturated rings. The molecular weight excluding hydrogens is 453 g/mol. The maximum absolute atomic E-state index is 11.6. The van der Waals surface area contributed by atoms with Crippen molar-refractivity contribution >= 4 is 39.8 Å². The molecule has 6 nitrogen and oxygen atoms in total. The summed E-state index contributed by atoms with van der Waals surface area (Å²) in [6.45, 7) is 4.49. The molecule has 25 heavy (non-hydrogen) atoms.